The van der Waals surface area contributed by atoms with Crippen molar-refractivity contribution in [3.05, 3.63) is 81.9 Å². The zero-order chi connectivity index (χ0) is 18.5. The van der Waals surface area contributed by atoms with Crippen LogP contribution in [0.15, 0.2) is 60.7 Å². The molecular weight excluding hydrogens is 330 g/mol. The highest BCUT2D eigenvalue weighted by Crippen LogP contribution is 2.44. The lowest BCUT2D eigenvalue weighted by molar-refractivity contribution is -0.534. The Kier molecular flexibility index (Phi) is 5.46. The summed E-state index contributed by atoms with van der Waals surface area (Å²) in [5, 5.41) is 11.9. The molecule has 3 rings (SSSR count). The molecule has 0 N–H and O–H groups in total. The lowest BCUT2D eigenvalue weighted by Gasteiger charge is -2.32. The summed E-state index contributed by atoms with van der Waals surface area (Å²) in [5.41, 5.74) is 2.88. The van der Waals surface area contributed by atoms with Gasteiger partial charge in [0.1, 0.15) is 12.0 Å². The fraction of sp³-hybridized carbons (Fsp3) is 0.286. The van der Waals surface area contributed by atoms with Gasteiger partial charge in [-0.05, 0) is 23.6 Å². The number of rotatable bonds is 6. The Bertz CT molecular complexity index is 816. The van der Waals surface area contributed by atoms with Crippen LogP contribution in [0.1, 0.15) is 29.9 Å². The van der Waals surface area contributed by atoms with Crippen LogP contribution >= 0.6 is 0 Å². The highest BCUT2D eigenvalue weighted by Gasteiger charge is 2.43. The average molecular weight is 351 g/mol. The molecule has 2 aromatic carbocycles. The molecule has 5 heteroatoms. The second-order valence-electron chi connectivity index (χ2n) is 6.45. The number of nitrogens with zero attached hydrogens (tertiary/aromatic N) is 1. The Balaban J connectivity index is 2.10. The highest BCUT2D eigenvalue weighted by molar-refractivity contribution is 5.69. The minimum Gasteiger partial charge on any atom is -0.496 e. The Morgan fingerprint density at radius 3 is 2.50 bits per heavy atom. The van der Waals surface area contributed by atoms with Gasteiger partial charge < -0.3 is 9.53 Å². The van der Waals surface area contributed by atoms with Crippen molar-refractivity contribution < 1.29 is 14.5 Å². The van der Waals surface area contributed by atoms with Gasteiger partial charge in [0, 0.05) is 16.9 Å². The van der Waals surface area contributed by atoms with Gasteiger partial charge in [0.15, 0.2) is 0 Å². The summed E-state index contributed by atoms with van der Waals surface area (Å²) >= 11 is 0. The molecule has 0 saturated carbocycles. The molecule has 0 radical (unpaired) electrons. The average Bonchev–Trinajstić information content (AvgIpc) is 2.68. The van der Waals surface area contributed by atoms with Gasteiger partial charge in [-0.15, -0.1) is 0 Å². The summed E-state index contributed by atoms with van der Waals surface area (Å²) in [6.07, 6.45) is 3.34. The van der Waals surface area contributed by atoms with Gasteiger partial charge in [0.25, 0.3) is 0 Å². The van der Waals surface area contributed by atoms with Crippen LogP contribution in [-0.2, 0) is 4.79 Å². The van der Waals surface area contributed by atoms with E-state index in [1.165, 1.54) is 0 Å². The van der Waals surface area contributed by atoms with Gasteiger partial charge in [-0.2, -0.15) is 0 Å². The van der Waals surface area contributed by atoms with Crippen LogP contribution in [0, 0.1) is 16.0 Å². The molecular formula is C21H21NO4. The molecule has 134 valence electrons. The molecule has 1 aliphatic rings. The van der Waals surface area contributed by atoms with Gasteiger partial charge in [0.2, 0.25) is 6.04 Å². The van der Waals surface area contributed by atoms with Gasteiger partial charge in [-0.1, -0.05) is 54.6 Å². The maximum absolute atomic E-state index is 11.9. The Morgan fingerprint density at radius 1 is 1.15 bits per heavy atom. The third kappa shape index (κ3) is 3.52. The summed E-state index contributed by atoms with van der Waals surface area (Å²) in [6, 6.07) is 16.4. The third-order valence-corrected chi connectivity index (χ3v) is 5.00. The van der Waals surface area contributed by atoms with Crippen molar-refractivity contribution in [1.29, 1.82) is 0 Å². The number of hydrogen-bond donors (Lipinski definition) is 0. The molecule has 26 heavy (non-hydrogen) atoms. The van der Waals surface area contributed by atoms with E-state index in [0.717, 1.165) is 23.0 Å². The fourth-order valence-electron chi connectivity index (χ4n) is 3.84. The van der Waals surface area contributed by atoms with Gasteiger partial charge in [0.05, 0.1) is 18.9 Å². The Labute approximate surface area is 152 Å². The number of nitro groups is 1. The van der Waals surface area contributed by atoms with Gasteiger partial charge in [-0.25, -0.2) is 0 Å². The Hall–Kier alpha value is -2.95. The SMILES string of the molecule is COc1ccccc1[C@H]1CC(c2ccccc2)=C[C@@H](CC=O)[C@@H]1[N+](=O)[O-]. The molecule has 0 fully saturated rings. The molecule has 0 bridgehead atoms. The fourth-order valence-corrected chi connectivity index (χ4v) is 3.84. The number of aldehydes is 1. The third-order valence-electron chi connectivity index (χ3n) is 5.00. The summed E-state index contributed by atoms with van der Waals surface area (Å²) < 4.78 is 5.45. The zero-order valence-electron chi connectivity index (χ0n) is 14.6. The van der Waals surface area contributed by atoms with Crippen LogP contribution in [0.3, 0.4) is 0 Å². The van der Waals surface area contributed by atoms with E-state index >= 15 is 0 Å². The van der Waals surface area contributed by atoms with Crippen molar-refractivity contribution in [2.24, 2.45) is 5.92 Å². The largest absolute Gasteiger partial charge is 0.496 e. The summed E-state index contributed by atoms with van der Waals surface area (Å²) in [7, 11) is 1.57. The standard InChI is InChI=1S/C21H21NO4/c1-26-20-10-6-5-9-18(20)19-14-17(15-7-3-2-4-8-15)13-16(11-12-23)21(19)22(24)25/h2-10,12-13,16,19,21H,11,14H2,1H3/t16-,19-,21+/m1/s1. The van der Waals surface area contributed by atoms with Crippen molar-refractivity contribution in [2.45, 2.75) is 24.8 Å². The summed E-state index contributed by atoms with van der Waals surface area (Å²) in [5.74, 6) is -0.156. The van der Waals surface area contributed by atoms with E-state index in [1.807, 2.05) is 60.7 Å². The molecule has 0 amide bonds. The maximum Gasteiger partial charge on any atom is 0.226 e. The molecule has 0 aliphatic heterocycles. The topological polar surface area (TPSA) is 69.4 Å². The quantitative estimate of drug-likeness (QED) is 0.446. The van der Waals surface area contributed by atoms with E-state index in [2.05, 4.69) is 0 Å². The predicted octanol–water partition coefficient (Wildman–Crippen LogP) is 4.12. The highest BCUT2D eigenvalue weighted by atomic mass is 16.6. The first-order valence-electron chi connectivity index (χ1n) is 8.62. The Morgan fingerprint density at radius 2 is 1.85 bits per heavy atom. The molecule has 3 atom stereocenters. The monoisotopic (exact) mass is 351 g/mol. The number of carbonyl (C=O) groups is 1. The van der Waals surface area contributed by atoms with Crippen LogP contribution in [0.2, 0.25) is 0 Å². The van der Waals surface area contributed by atoms with Crippen LogP contribution in [0.25, 0.3) is 5.57 Å². The molecule has 5 nitrogen and oxygen atoms in total. The van der Waals surface area contributed by atoms with Crippen molar-refractivity contribution >= 4 is 11.9 Å². The number of methoxy groups -OCH3 is 1. The van der Waals surface area contributed by atoms with Crippen molar-refractivity contribution in [1.82, 2.24) is 0 Å². The zero-order valence-corrected chi connectivity index (χ0v) is 14.6. The second-order valence-corrected chi connectivity index (χ2v) is 6.45. The lowest BCUT2D eigenvalue weighted by Crippen LogP contribution is -2.37. The van der Waals surface area contributed by atoms with E-state index in [9.17, 15) is 14.9 Å². The van der Waals surface area contributed by atoms with Crippen molar-refractivity contribution in [3.63, 3.8) is 0 Å². The van der Waals surface area contributed by atoms with E-state index in [0.29, 0.717) is 12.2 Å². The van der Waals surface area contributed by atoms with Crippen LogP contribution in [0.5, 0.6) is 5.75 Å². The number of para-hydroxylation sites is 1. The minimum absolute atomic E-state index is 0.133. The predicted molar refractivity (Wildman–Crippen MR) is 99.7 cm³/mol. The molecule has 0 aromatic heterocycles. The summed E-state index contributed by atoms with van der Waals surface area (Å²) in [4.78, 5) is 22.8. The minimum atomic E-state index is -0.857. The molecule has 2 aromatic rings. The van der Waals surface area contributed by atoms with E-state index in [4.69, 9.17) is 4.74 Å². The number of benzene rings is 2. The number of hydrogen-bond acceptors (Lipinski definition) is 4. The van der Waals surface area contributed by atoms with Gasteiger partial charge >= 0.3 is 0 Å². The molecule has 0 saturated heterocycles. The van der Waals surface area contributed by atoms with Crippen LogP contribution < -0.4 is 4.74 Å². The number of ether oxygens (including phenoxy) is 1. The summed E-state index contributed by atoms with van der Waals surface area (Å²) in [6.45, 7) is 0. The van der Waals surface area contributed by atoms with Crippen molar-refractivity contribution in [3.8, 4) is 5.75 Å². The van der Waals surface area contributed by atoms with E-state index in [1.54, 1.807) is 7.11 Å². The second kappa shape index (κ2) is 7.95. The first-order chi connectivity index (χ1) is 12.7. The van der Waals surface area contributed by atoms with Gasteiger partial charge in [-0.3, -0.25) is 10.1 Å². The van der Waals surface area contributed by atoms with E-state index < -0.39 is 12.0 Å². The molecule has 1 aliphatic carbocycles. The van der Waals surface area contributed by atoms with Crippen molar-refractivity contribution in [2.75, 3.05) is 7.11 Å². The maximum atomic E-state index is 11.9. The number of carbonyl (C=O) groups excluding carboxylic acids is 1. The molecule has 0 unspecified atom stereocenters. The lowest BCUT2D eigenvalue weighted by atomic mass is 9.72. The molecule has 0 heterocycles. The van der Waals surface area contributed by atoms with Crippen LogP contribution in [-0.4, -0.2) is 24.4 Å². The van der Waals surface area contributed by atoms with Crippen LogP contribution in [0.4, 0.5) is 0 Å². The normalized spacial score (nSPS) is 22.3. The first kappa shape index (κ1) is 17.9. The first-order valence-corrected chi connectivity index (χ1v) is 8.62. The van der Waals surface area contributed by atoms with E-state index in [-0.39, 0.29) is 17.3 Å². The number of allylic oxidation sites excluding steroid dienone is 1. The molecule has 0 spiro atoms. The smallest absolute Gasteiger partial charge is 0.226 e.